The van der Waals surface area contributed by atoms with Crippen LogP contribution in [0.4, 0.5) is 13.2 Å². The summed E-state index contributed by atoms with van der Waals surface area (Å²) in [6.45, 7) is 0. The number of ether oxygens (including phenoxy) is 1. The molecule has 6 heteroatoms. The molecule has 0 saturated heterocycles. The van der Waals surface area contributed by atoms with Crippen LogP contribution in [-0.4, -0.2) is 19.3 Å². The van der Waals surface area contributed by atoms with Gasteiger partial charge in [0, 0.05) is 6.08 Å². The topological polar surface area (TPSA) is 26.3 Å². The van der Waals surface area contributed by atoms with Crippen molar-refractivity contribution >= 4 is 21.9 Å². The zero-order valence-electron chi connectivity index (χ0n) is 5.41. The molecule has 0 saturated carbocycles. The predicted octanol–water partition coefficient (Wildman–Crippen LogP) is 2.00. The lowest BCUT2D eigenvalue weighted by atomic mass is 10.5. The monoisotopic (exact) mass is 232 g/mol. The Labute approximate surface area is 69.1 Å². The number of halogens is 4. The molecule has 0 fully saturated rings. The van der Waals surface area contributed by atoms with Gasteiger partial charge in [0.05, 0.1) is 7.11 Å². The Bertz CT molecular complexity index is 185. The molecule has 0 aromatic heterocycles. The average molecular weight is 233 g/mol. The van der Waals surface area contributed by atoms with E-state index in [0.29, 0.717) is 0 Å². The van der Waals surface area contributed by atoms with E-state index in [-0.39, 0.29) is 6.08 Å². The van der Waals surface area contributed by atoms with Gasteiger partial charge in [0.2, 0.25) is 0 Å². The molecule has 0 unspecified atom stereocenters. The third kappa shape index (κ3) is 4.83. The van der Waals surface area contributed by atoms with Crippen LogP contribution in [0.3, 0.4) is 0 Å². The standard InChI is InChI=1S/C5H4BrF3O2/c1-11-4(10)3(6)2-5(7,8)9/h2H,1H3/b3-2-. The van der Waals surface area contributed by atoms with E-state index in [1.54, 1.807) is 0 Å². The second kappa shape index (κ2) is 3.75. The molecule has 0 heterocycles. The van der Waals surface area contributed by atoms with Crippen LogP contribution >= 0.6 is 15.9 Å². The Balaban J connectivity index is 4.34. The van der Waals surface area contributed by atoms with Gasteiger partial charge in [-0.2, -0.15) is 13.2 Å². The fourth-order valence-corrected chi connectivity index (χ4v) is 0.722. The van der Waals surface area contributed by atoms with Crippen molar-refractivity contribution in [3.63, 3.8) is 0 Å². The van der Waals surface area contributed by atoms with E-state index in [9.17, 15) is 18.0 Å². The lowest BCUT2D eigenvalue weighted by Gasteiger charge is -1.99. The van der Waals surface area contributed by atoms with Crippen LogP contribution in [-0.2, 0) is 9.53 Å². The Morgan fingerprint density at radius 3 is 2.27 bits per heavy atom. The van der Waals surface area contributed by atoms with Crippen LogP contribution in [0.25, 0.3) is 0 Å². The molecule has 0 aliphatic carbocycles. The molecule has 0 atom stereocenters. The zero-order chi connectivity index (χ0) is 9.07. The highest BCUT2D eigenvalue weighted by Gasteiger charge is 2.26. The predicted molar refractivity (Wildman–Crippen MR) is 35.1 cm³/mol. The number of esters is 1. The first-order valence-electron chi connectivity index (χ1n) is 2.40. The second-order valence-corrected chi connectivity index (χ2v) is 2.38. The molecule has 0 bridgehead atoms. The van der Waals surface area contributed by atoms with Crippen molar-refractivity contribution in [2.75, 3.05) is 7.11 Å². The SMILES string of the molecule is COC(=O)/C(Br)=C/C(F)(F)F. The number of hydrogen-bond acceptors (Lipinski definition) is 2. The minimum Gasteiger partial charge on any atom is -0.465 e. The summed E-state index contributed by atoms with van der Waals surface area (Å²) in [6, 6.07) is 0. The van der Waals surface area contributed by atoms with E-state index in [1.807, 2.05) is 0 Å². The number of rotatable bonds is 1. The summed E-state index contributed by atoms with van der Waals surface area (Å²) in [5.74, 6) is -1.05. The molecule has 0 N–H and O–H groups in total. The number of carbonyl (C=O) groups excluding carboxylic acids is 1. The van der Waals surface area contributed by atoms with Crippen molar-refractivity contribution in [1.29, 1.82) is 0 Å². The summed E-state index contributed by atoms with van der Waals surface area (Å²) >= 11 is 2.41. The number of alkyl halides is 3. The van der Waals surface area contributed by atoms with Crippen molar-refractivity contribution in [1.82, 2.24) is 0 Å². The molecule has 64 valence electrons. The summed E-state index contributed by atoms with van der Waals surface area (Å²) in [6.07, 6.45) is -4.69. The maximum Gasteiger partial charge on any atom is 0.411 e. The van der Waals surface area contributed by atoms with Gasteiger partial charge in [0.1, 0.15) is 4.48 Å². The first kappa shape index (κ1) is 10.5. The molecule has 11 heavy (non-hydrogen) atoms. The van der Waals surface area contributed by atoms with Crippen LogP contribution in [0.15, 0.2) is 10.6 Å². The Morgan fingerprint density at radius 1 is 1.55 bits per heavy atom. The zero-order valence-corrected chi connectivity index (χ0v) is 6.99. The van der Waals surface area contributed by atoms with E-state index >= 15 is 0 Å². The summed E-state index contributed by atoms with van der Waals surface area (Å²) < 4.78 is 37.8. The van der Waals surface area contributed by atoms with Crippen molar-refractivity contribution in [2.45, 2.75) is 6.18 Å². The Hall–Kier alpha value is -0.520. The van der Waals surface area contributed by atoms with Crippen molar-refractivity contribution in [3.8, 4) is 0 Å². The van der Waals surface area contributed by atoms with Crippen molar-refractivity contribution in [3.05, 3.63) is 10.6 Å². The van der Waals surface area contributed by atoms with Crippen LogP contribution < -0.4 is 0 Å². The van der Waals surface area contributed by atoms with Gasteiger partial charge in [-0.25, -0.2) is 4.79 Å². The van der Waals surface area contributed by atoms with Gasteiger partial charge in [-0.05, 0) is 15.9 Å². The van der Waals surface area contributed by atoms with Gasteiger partial charge in [-0.1, -0.05) is 0 Å². The third-order valence-electron chi connectivity index (χ3n) is 0.671. The molecule has 0 spiro atoms. The van der Waals surface area contributed by atoms with Crippen LogP contribution in [0.1, 0.15) is 0 Å². The number of allylic oxidation sites excluding steroid dienone is 1. The third-order valence-corrected chi connectivity index (χ3v) is 1.22. The molecule has 0 rings (SSSR count). The van der Waals surface area contributed by atoms with Crippen LogP contribution in [0, 0.1) is 0 Å². The van der Waals surface area contributed by atoms with Gasteiger partial charge in [-0.15, -0.1) is 0 Å². The maximum absolute atomic E-state index is 11.5. The summed E-state index contributed by atoms with van der Waals surface area (Å²) in [7, 11) is 0.994. The number of hydrogen-bond donors (Lipinski definition) is 0. The minimum absolute atomic E-state index is 0.182. The highest BCUT2D eigenvalue weighted by atomic mass is 79.9. The smallest absolute Gasteiger partial charge is 0.411 e. The average Bonchev–Trinajstić information content (AvgIpc) is 1.82. The van der Waals surface area contributed by atoms with Crippen LogP contribution in [0.5, 0.6) is 0 Å². The lowest BCUT2D eigenvalue weighted by Crippen LogP contribution is -2.07. The second-order valence-electron chi connectivity index (χ2n) is 1.53. The van der Waals surface area contributed by atoms with Gasteiger partial charge >= 0.3 is 12.1 Å². The molecule has 0 aliphatic heterocycles. The molecule has 0 aromatic rings. The van der Waals surface area contributed by atoms with Gasteiger partial charge < -0.3 is 4.74 Å². The Morgan fingerprint density at radius 2 is 2.00 bits per heavy atom. The molecule has 0 radical (unpaired) electrons. The maximum atomic E-state index is 11.5. The molecule has 0 aliphatic rings. The first-order chi connectivity index (χ1) is 4.87. The lowest BCUT2D eigenvalue weighted by molar-refractivity contribution is -0.135. The summed E-state index contributed by atoms with van der Waals surface area (Å²) in [5.41, 5.74) is 0. The van der Waals surface area contributed by atoms with E-state index in [1.165, 1.54) is 0 Å². The molecular formula is C5H4BrF3O2. The van der Waals surface area contributed by atoms with E-state index in [2.05, 4.69) is 20.7 Å². The van der Waals surface area contributed by atoms with Gasteiger partial charge in [0.15, 0.2) is 0 Å². The van der Waals surface area contributed by atoms with Crippen LogP contribution in [0.2, 0.25) is 0 Å². The van der Waals surface area contributed by atoms with Crippen molar-refractivity contribution < 1.29 is 22.7 Å². The quantitative estimate of drug-likeness (QED) is 0.511. The molecular weight excluding hydrogens is 229 g/mol. The number of methoxy groups -OCH3 is 1. The summed E-state index contributed by atoms with van der Waals surface area (Å²) in [4.78, 5) is 10.4. The molecule has 0 amide bonds. The fraction of sp³-hybridized carbons (Fsp3) is 0.400. The normalized spacial score (nSPS) is 13.0. The Kier molecular flexibility index (Phi) is 3.57. The largest absolute Gasteiger partial charge is 0.465 e. The molecule has 2 nitrogen and oxygen atoms in total. The summed E-state index contributed by atoms with van der Waals surface area (Å²) in [5, 5.41) is 0. The highest BCUT2D eigenvalue weighted by Crippen LogP contribution is 2.21. The van der Waals surface area contributed by atoms with E-state index in [4.69, 9.17) is 0 Å². The number of carbonyl (C=O) groups is 1. The van der Waals surface area contributed by atoms with E-state index < -0.39 is 16.6 Å². The van der Waals surface area contributed by atoms with E-state index in [0.717, 1.165) is 7.11 Å². The van der Waals surface area contributed by atoms with Gasteiger partial charge in [-0.3, -0.25) is 0 Å². The van der Waals surface area contributed by atoms with Crippen molar-refractivity contribution in [2.24, 2.45) is 0 Å². The molecule has 0 aromatic carbocycles. The first-order valence-corrected chi connectivity index (χ1v) is 3.19. The fourth-order valence-electron chi connectivity index (χ4n) is 0.300. The van der Waals surface area contributed by atoms with Gasteiger partial charge in [0.25, 0.3) is 0 Å². The minimum atomic E-state index is -4.51. The highest BCUT2D eigenvalue weighted by molar-refractivity contribution is 9.12.